The van der Waals surface area contributed by atoms with Gasteiger partial charge in [0.15, 0.2) is 0 Å². The minimum absolute atomic E-state index is 0.132. The van der Waals surface area contributed by atoms with Crippen molar-refractivity contribution in [1.82, 2.24) is 9.71 Å². The van der Waals surface area contributed by atoms with Crippen LogP contribution in [0.15, 0.2) is 47.5 Å². The third kappa shape index (κ3) is 3.61. The van der Waals surface area contributed by atoms with E-state index in [0.29, 0.717) is 11.4 Å². The van der Waals surface area contributed by atoms with E-state index in [-0.39, 0.29) is 10.9 Å². The fourth-order valence-corrected chi connectivity index (χ4v) is 2.70. The van der Waals surface area contributed by atoms with Gasteiger partial charge in [-0.2, -0.15) is 5.26 Å². The molecule has 0 bridgehead atoms. The summed E-state index contributed by atoms with van der Waals surface area (Å²) in [7, 11) is -2.09. The minimum atomic E-state index is -3.47. The Hall–Kier alpha value is -2.43. The molecule has 1 aromatic heterocycles. The lowest BCUT2D eigenvalue weighted by Gasteiger charge is -2.16. The molecule has 0 saturated heterocycles. The highest BCUT2D eigenvalue weighted by molar-refractivity contribution is 7.89. The van der Waals surface area contributed by atoms with Crippen LogP contribution in [0, 0.1) is 11.3 Å². The van der Waals surface area contributed by atoms with Crippen LogP contribution in [0.4, 0.5) is 5.82 Å². The van der Waals surface area contributed by atoms with Crippen LogP contribution in [0.2, 0.25) is 0 Å². The molecule has 1 atom stereocenters. The summed E-state index contributed by atoms with van der Waals surface area (Å²) in [6.45, 7) is 1.91. The molecular formula is C15H16N4O2S. The molecule has 1 unspecified atom stereocenters. The van der Waals surface area contributed by atoms with Gasteiger partial charge in [-0.3, -0.25) is 0 Å². The molecule has 114 valence electrons. The Labute approximate surface area is 129 Å². The van der Waals surface area contributed by atoms with Gasteiger partial charge in [0.2, 0.25) is 10.0 Å². The summed E-state index contributed by atoms with van der Waals surface area (Å²) in [6, 6.07) is 12.0. The number of sulfonamides is 1. The summed E-state index contributed by atoms with van der Waals surface area (Å²) in [6.07, 6.45) is 1.48. The Balaban J connectivity index is 2.21. The average Bonchev–Trinajstić information content (AvgIpc) is 2.55. The van der Waals surface area contributed by atoms with E-state index in [9.17, 15) is 8.42 Å². The lowest BCUT2D eigenvalue weighted by molar-refractivity contribution is 0.588. The van der Waals surface area contributed by atoms with Crippen molar-refractivity contribution in [3.8, 4) is 6.07 Å². The van der Waals surface area contributed by atoms with E-state index >= 15 is 0 Å². The van der Waals surface area contributed by atoms with Crippen molar-refractivity contribution < 1.29 is 8.42 Å². The standard InChI is InChI=1S/C15H16N4O2S/c1-11(19-15-7-6-12(9-16)10-18-15)13-4-3-5-14(8-13)22(20,21)17-2/h3-8,10-11,17H,1-2H3,(H,18,19). The number of hydrogen-bond donors (Lipinski definition) is 2. The molecule has 0 spiro atoms. The molecule has 2 N–H and O–H groups in total. The van der Waals surface area contributed by atoms with Crippen LogP contribution in [0.3, 0.4) is 0 Å². The highest BCUT2D eigenvalue weighted by Crippen LogP contribution is 2.20. The first-order valence-corrected chi connectivity index (χ1v) is 8.11. The number of benzene rings is 1. The molecule has 0 aliphatic carbocycles. The Kier molecular flexibility index (Phi) is 4.75. The van der Waals surface area contributed by atoms with Crippen molar-refractivity contribution in [3.63, 3.8) is 0 Å². The zero-order valence-electron chi connectivity index (χ0n) is 12.2. The first-order valence-electron chi connectivity index (χ1n) is 6.62. The fraction of sp³-hybridized carbons (Fsp3) is 0.200. The number of hydrogen-bond acceptors (Lipinski definition) is 5. The maximum absolute atomic E-state index is 11.8. The number of aromatic nitrogens is 1. The van der Waals surface area contributed by atoms with Crippen molar-refractivity contribution in [3.05, 3.63) is 53.7 Å². The van der Waals surface area contributed by atoms with E-state index in [1.807, 2.05) is 19.1 Å². The van der Waals surface area contributed by atoms with Gasteiger partial charge < -0.3 is 5.32 Å². The Bertz CT molecular complexity index is 795. The van der Waals surface area contributed by atoms with Crippen molar-refractivity contribution in [2.75, 3.05) is 12.4 Å². The molecule has 0 saturated carbocycles. The molecule has 0 fully saturated rings. The highest BCUT2D eigenvalue weighted by Gasteiger charge is 2.14. The van der Waals surface area contributed by atoms with Crippen LogP contribution in [0.5, 0.6) is 0 Å². The van der Waals surface area contributed by atoms with E-state index < -0.39 is 10.0 Å². The number of nitriles is 1. The molecular weight excluding hydrogens is 300 g/mol. The summed E-state index contributed by atoms with van der Waals surface area (Å²) in [5.74, 6) is 0.619. The van der Waals surface area contributed by atoms with E-state index in [0.717, 1.165) is 5.56 Å². The van der Waals surface area contributed by atoms with Gasteiger partial charge in [0, 0.05) is 12.2 Å². The van der Waals surface area contributed by atoms with Gasteiger partial charge in [-0.1, -0.05) is 12.1 Å². The van der Waals surface area contributed by atoms with Crippen molar-refractivity contribution >= 4 is 15.8 Å². The van der Waals surface area contributed by atoms with Gasteiger partial charge in [0.05, 0.1) is 10.5 Å². The molecule has 6 nitrogen and oxygen atoms in total. The molecule has 0 amide bonds. The zero-order chi connectivity index (χ0) is 16.2. The molecule has 0 radical (unpaired) electrons. The Morgan fingerprint density at radius 3 is 2.64 bits per heavy atom. The van der Waals surface area contributed by atoms with Gasteiger partial charge in [-0.25, -0.2) is 18.1 Å². The second-order valence-electron chi connectivity index (χ2n) is 4.69. The van der Waals surface area contributed by atoms with Crippen molar-refractivity contribution in [2.24, 2.45) is 0 Å². The summed E-state index contributed by atoms with van der Waals surface area (Å²) < 4.78 is 26.0. The smallest absolute Gasteiger partial charge is 0.240 e. The normalized spacial score (nSPS) is 12.4. The second-order valence-corrected chi connectivity index (χ2v) is 6.58. The molecule has 0 aliphatic heterocycles. The predicted octanol–water partition coefficient (Wildman–Crippen LogP) is 2.03. The van der Waals surface area contributed by atoms with E-state index in [1.54, 1.807) is 30.3 Å². The van der Waals surface area contributed by atoms with Gasteiger partial charge >= 0.3 is 0 Å². The lowest BCUT2D eigenvalue weighted by atomic mass is 10.1. The topological polar surface area (TPSA) is 94.9 Å². The first kappa shape index (κ1) is 15.9. The number of nitrogens with zero attached hydrogens (tertiary/aromatic N) is 2. The molecule has 1 heterocycles. The first-order chi connectivity index (χ1) is 10.5. The second kappa shape index (κ2) is 6.56. The van der Waals surface area contributed by atoms with E-state index in [2.05, 4.69) is 15.0 Å². The van der Waals surface area contributed by atoms with Gasteiger partial charge in [-0.15, -0.1) is 0 Å². The fourth-order valence-electron chi connectivity index (χ4n) is 1.92. The maximum atomic E-state index is 11.8. The summed E-state index contributed by atoms with van der Waals surface area (Å²) in [5, 5.41) is 11.9. The number of rotatable bonds is 5. The average molecular weight is 316 g/mol. The Morgan fingerprint density at radius 1 is 1.27 bits per heavy atom. The lowest BCUT2D eigenvalue weighted by Crippen LogP contribution is -2.19. The maximum Gasteiger partial charge on any atom is 0.240 e. The molecule has 2 rings (SSSR count). The van der Waals surface area contributed by atoms with E-state index in [4.69, 9.17) is 5.26 Å². The van der Waals surface area contributed by atoms with Gasteiger partial charge in [-0.05, 0) is 43.8 Å². The third-order valence-electron chi connectivity index (χ3n) is 3.19. The van der Waals surface area contributed by atoms with Crippen LogP contribution in [-0.4, -0.2) is 20.4 Å². The SMILES string of the molecule is CNS(=O)(=O)c1cccc(C(C)Nc2ccc(C#N)cn2)c1. The van der Waals surface area contributed by atoms with Gasteiger partial charge in [0.1, 0.15) is 11.9 Å². The number of nitrogens with one attached hydrogen (secondary N) is 2. The summed E-state index contributed by atoms with van der Waals surface area (Å²) in [5.41, 5.74) is 1.31. The largest absolute Gasteiger partial charge is 0.364 e. The van der Waals surface area contributed by atoms with Crippen LogP contribution in [0.25, 0.3) is 0 Å². The molecule has 7 heteroatoms. The number of anilines is 1. The third-order valence-corrected chi connectivity index (χ3v) is 4.61. The van der Waals surface area contributed by atoms with Gasteiger partial charge in [0.25, 0.3) is 0 Å². The predicted molar refractivity (Wildman–Crippen MR) is 83.7 cm³/mol. The van der Waals surface area contributed by atoms with Crippen molar-refractivity contribution in [1.29, 1.82) is 5.26 Å². The minimum Gasteiger partial charge on any atom is -0.364 e. The highest BCUT2D eigenvalue weighted by atomic mass is 32.2. The van der Waals surface area contributed by atoms with E-state index in [1.165, 1.54) is 13.2 Å². The molecule has 1 aromatic carbocycles. The van der Waals surface area contributed by atoms with Crippen LogP contribution < -0.4 is 10.0 Å². The monoisotopic (exact) mass is 316 g/mol. The molecule has 0 aliphatic rings. The molecule has 22 heavy (non-hydrogen) atoms. The van der Waals surface area contributed by atoms with Crippen LogP contribution in [0.1, 0.15) is 24.1 Å². The van der Waals surface area contributed by atoms with Crippen molar-refractivity contribution in [2.45, 2.75) is 17.9 Å². The Morgan fingerprint density at radius 2 is 2.05 bits per heavy atom. The van der Waals surface area contributed by atoms with Crippen LogP contribution >= 0.6 is 0 Å². The zero-order valence-corrected chi connectivity index (χ0v) is 13.1. The number of pyridine rings is 1. The summed E-state index contributed by atoms with van der Waals surface area (Å²) >= 11 is 0. The molecule has 2 aromatic rings. The van der Waals surface area contributed by atoms with Crippen LogP contribution in [-0.2, 0) is 10.0 Å². The quantitative estimate of drug-likeness (QED) is 0.880. The summed E-state index contributed by atoms with van der Waals surface area (Å²) in [4.78, 5) is 4.35.